The number of amides is 3. The molecule has 0 unspecified atom stereocenters. The fourth-order valence-electron chi connectivity index (χ4n) is 2.66. The van der Waals surface area contributed by atoms with Gasteiger partial charge in [0, 0.05) is 12.2 Å². The van der Waals surface area contributed by atoms with E-state index in [0.29, 0.717) is 11.4 Å². The van der Waals surface area contributed by atoms with Gasteiger partial charge in [-0.25, -0.2) is 4.79 Å². The van der Waals surface area contributed by atoms with E-state index in [0.717, 1.165) is 16.7 Å². The Bertz CT molecular complexity index is 966. The smallest absolute Gasteiger partial charge is 0.408 e. The fourth-order valence-corrected chi connectivity index (χ4v) is 2.66. The molecule has 0 aliphatic carbocycles. The molecule has 0 aliphatic rings. The molecule has 8 nitrogen and oxygen atoms in total. The average Bonchev–Trinajstić information content (AvgIpc) is 2.71. The first-order valence-corrected chi connectivity index (χ1v) is 10.3. The van der Waals surface area contributed by atoms with Gasteiger partial charge in [0.1, 0.15) is 17.9 Å². The SMILES string of the molecule is Cc1ccc(OCC(=O)Nc2ccccc2CNC(=O)CNC(=O)OC(C)(C)C)cc1C. The molecule has 2 rings (SSSR count). The van der Waals surface area contributed by atoms with Gasteiger partial charge in [0.2, 0.25) is 5.91 Å². The number of ether oxygens (including phenoxy) is 2. The average molecular weight is 442 g/mol. The van der Waals surface area contributed by atoms with Crippen LogP contribution in [0, 0.1) is 13.8 Å². The van der Waals surface area contributed by atoms with Crippen LogP contribution < -0.4 is 20.7 Å². The second-order valence-electron chi connectivity index (χ2n) is 8.37. The number of nitrogens with one attached hydrogen (secondary N) is 3. The first-order chi connectivity index (χ1) is 15.0. The third-order valence-corrected chi connectivity index (χ3v) is 4.41. The predicted octanol–water partition coefficient (Wildman–Crippen LogP) is 3.46. The second-order valence-corrected chi connectivity index (χ2v) is 8.37. The van der Waals surface area contributed by atoms with Crippen LogP contribution in [0.4, 0.5) is 10.5 Å². The lowest BCUT2D eigenvalue weighted by Gasteiger charge is -2.19. The monoisotopic (exact) mass is 441 g/mol. The molecule has 3 N–H and O–H groups in total. The van der Waals surface area contributed by atoms with Crippen molar-refractivity contribution in [2.45, 2.75) is 46.8 Å². The Hall–Kier alpha value is -3.55. The zero-order valence-electron chi connectivity index (χ0n) is 19.2. The van der Waals surface area contributed by atoms with Crippen LogP contribution in [0.1, 0.15) is 37.5 Å². The molecule has 172 valence electrons. The number of hydrogen-bond donors (Lipinski definition) is 3. The zero-order chi connectivity index (χ0) is 23.7. The zero-order valence-corrected chi connectivity index (χ0v) is 19.2. The third-order valence-electron chi connectivity index (χ3n) is 4.41. The van der Waals surface area contributed by atoms with E-state index in [1.165, 1.54) is 0 Å². The number of benzene rings is 2. The van der Waals surface area contributed by atoms with E-state index in [9.17, 15) is 14.4 Å². The standard InChI is InChI=1S/C24H31N3O5/c1-16-10-11-19(12-17(16)2)31-15-22(29)27-20-9-7-6-8-18(20)13-25-21(28)14-26-23(30)32-24(3,4)5/h6-12H,13-15H2,1-5H3,(H,25,28)(H,26,30)(H,27,29). The lowest BCUT2D eigenvalue weighted by atomic mass is 10.1. The summed E-state index contributed by atoms with van der Waals surface area (Å²) in [6, 6.07) is 12.8. The Labute approximate surface area is 188 Å². The minimum atomic E-state index is -0.663. The van der Waals surface area contributed by atoms with Gasteiger partial charge >= 0.3 is 6.09 Å². The summed E-state index contributed by atoms with van der Waals surface area (Å²) in [5.74, 6) is -0.0649. The highest BCUT2D eigenvalue weighted by Gasteiger charge is 2.16. The molecular formula is C24H31N3O5. The molecule has 8 heteroatoms. The van der Waals surface area contributed by atoms with E-state index in [-0.39, 0.29) is 31.5 Å². The van der Waals surface area contributed by atoms with Gasteiger partial charge in [-0.3, -0.25) is 9.59 Å². The summed E-state index contributed by atoms with van der Waals surface area (Å²) in [4.78, 5) is 36.0. The molecule has 0 saturated carbocycles. The van der Waals surface area contributed by atoms with Crippen molar-refractivity contribution in [3.8, 4) is 5.75 Å². The Morgan fingerprint density at radius 1 is 0.906 bits per heavy atom. The molecule has 0 fully saturated rings. The van der Waals surface area contributed by atoms with Crippen LogP contribution >= 0.6 is 0 Å². The molecule has 2 aromatic carbocycles. The van der Waals surface area contributed by atoms with E-state index in [4.69, 9.17) is 9.47 Å². The molecule has 0 radical (unpaired) electrons. The molecule has 0 aliphatic heterocycles. The first kappa shape index (κ1) is 24.7. The number of hydrogen-bond acceptors (Lipinski definition) is 5. The van der Waals surface area contributed by atoms with Gasteiger partial charge in [0.05, 0.1) is 0 Å². The molecule has 0 spiro atoms. The number of para-hydroxylation sites is 1. The highest BCUT2D eigenvalue weighted by atomic mass is 16.6. The summed E-state index contributed by atoms with van der Waals surface area (Å²) >= 11 is 0. The number of aryl methyl sites for hydroxylation is 2. The first-order valence-electron chi connectivity index (χ1n) is 10.3. The molecule has 0 heterocycles. The summed E-state index contributed by atoms with van der Waals surface area (Å²) in [5, 5.41) is 7.91. The number of alkyl carbamates (subject to hydrolysis) is 1. The lowest BCUT2D eigenvalue weighted by molar-refractivity contribution is -0.120. The van der Waals surface area contributed by atoms with Crippen LogP contribution in [0.2, 0.25) is 0 Å². The van der Waals surface area contributed by atoms with Crippen LogP contribution in [0.3, 0.4) is 0 Å². The molecule has 32 heavy (non-hydrogen) atoms. The minimum absolute atomic E-state index is 0.136. The van der Waals surface area contributed by atoms with E-state index in [1.807, 2.05) is 38.1 Å². The van der Waals surface area contributed by atoms with E-state index in [1.54, 1.807) is 39.0 Å². The lowest BCUT2D eigenvalue weighted by Crippen LogP contribution is -2.39. The highest BCUT2D eigenvalue weighted by Crippen LogP contribution is 2.17. The van der Waals surface area contributed by atoms with Gasteiger partial charge in [-0.2, -0.15) is 0 Å². The Balaban J connectivity index is 1.83. The van der Waals surface area contributed by atoms with Crippen molar-refractivity contribution in [3.63, 3.8) is 0 Å². The van der Waals surface area contributed by atoms with Gasteiger partial charge < -0.3 is 25.4 Å². The molecular weight excluding hydrogens is 410 g/mol. The molecule has 0 aromatic heterocycles. The number of rotatable bonds is 8. The van der Waals surface area contributed by atoms with Gasteiger partial charge in [-0.15, -0.1) is 0 Å². The Kier molecular flexibility index (Phi) is 8.63. The van der Waals surface area contributed by atoms with Crippen molar-refractivity contribution < 1.29 is 23.9 Å². The van der Waals surface area contributed by atoms with Gasteiger partial charge in [-0.1, -0.05) is 24.3 Å². The van der Waals surface area contributed by atoms with Crippen LogP contribution in [-0.4, -0.2) is 36.7 Å². The normalized spacial score (nSPS) is 10.8. The van der Waals surface area contributed by atoms with Crippen LogP contribution in [-0.2, 0) is 20.9 Å². The third kappa shape index (κ3) is 8.67. The predicted molar refractivity (Wildman–Crippen MR) is 123 cm³/mol. The van der Waals surface area contributed by atoms with E-state index >= 15 is 0 Å². The molecule has 3 amide bonds. The van der Waals surface area contributed by atoms with Gasteiger partial charge in [0.15, 0.2) is 6.61 Å². The fraction of sp³-hybridized carbons (Fsp3) is 0.375. The van der Waals surface area contributed by atoms with Crippen molar-refractivity contribution in [1.29, 1.82) is 0 Å². The van der Waals surface area contributed by atoms with Gasteiger partial charge in [-0.05, 0) is 69.5 Å². The Morgan fingerprint density at radius 2 is 1.62 bits per heavy atom. The summed E-state index contributed by atoms with van der Waals surface area (Å²) < 4.78 is 10.7. The maximum atomic E-state index is 12.3. The van der Waals surface area contributed by atoms with Crippen molar-refractivity contribution in [1.82, 2.24) is 10.6 Å². The van der Waals surface area contributed by atoms with Crippen molar-refractivity contribution in [2.24, 2.45) is 0 Å². The Morgan fingerprint density at radius 3 is 2.31 bits per heavy atom. The highest BCUT2D eigenvalue weighted by molar-refractivity contribution is 5.92. The summed E-state index contributed by atoms with van der Waals surface area (Å²) in [5.41, 5.74) is 2.89. The molecule has 2 aromatic rings. The van der Waals surface area contributed by atoms with Crippen molar-refractivity contribution in [2.75, 3.05) is 18.5 Å². The molecule has 0 bridgehead atoms. The summed E-state index contributed by atoms with van der Waals surface area (Å²) in [6.45, 7) is 9.05. The topological polar surface area (TPSA) is 106 Å². The second kappa shape index (κ2) is 11.2. The summed E-state index contributed by atoms with van der Waals surface area (Å²) in [6.07, 6.45) is -0.663. The number of carbonyl (C=O) groups excluding carboxylic acids is 3. The van der Waals surface area contributed by atoms with Crippen molar-refractivity contribution in [3.05, 3.63) is 59.2 Å². The quantitative estimate of drug-likeness (QED) is 0.582. The van der Waals surface area contributed by atoms with E-state index < -0.39 is 11.7 Å². The maximum absolute atomic E-state index is 12.3. The van der Waals surface area contributed by atoms with Crippen LogP contribution in [0.15, 0.2) is 42.5 Å². The van der Waals surface area contributed by atoms with Crippen LogP contribution in [0.25, 0.3) is 0 Å². The minimum Gasteiger partial charge on any atom is -0.484 e. The number of anilines is 1. The largest absolute Gasteiger partial charge is 0.484 e. The summed E-state index contributed by atoms with van der Waals surface area (Å²) in [7, 11) is 0. The maximum Gasteiger partial charge on any atom is 0.408 e. The van der Waals surface area contributed by atoms with Gasteiger partial charge in [0.25, 0.3) is 5.91 Å². The van der Waals surface area contributed by atoms with E-state index in [2.05, 4.69) is 16.0 Å². The van der Waals surface area contributed by atoms with Crippen LogP contribution in [0.5, 0.6) is 5.75 Å². The number of carbonyl (C=O) groups is 3. The molecule has 0 saturated heterocycles. The molecule has 0 atom stereocenters. The van der Waals surface area contributed by atoms with Crippen molar-refractivity contribution >= 4 is 23.6 Å².